The summed E-state index contributed by atoms with van der Waals surface area (Å²) in [7, 11) is 1.81. The number of hydrogen-bond acceptors (Lipinski definition) is 4. The summed E-state index contributed by atoms with van der Waals surface area (Å²) in [5.41, 5.74) is 1.36. The van der Waals surface area contributed by atoms with Gasteiger partial charge in [0, 0.05) is 25.7 Å². The summed E-state index contributed by atoms with van der Waals surface area (Å²) >= 11 is 0. The van der Waals surface area contributed by atoms with Crippen molar-refractivity contribution in [2.75, 3.05) is 20.2 Å². The van der Waals surface area contributed by atoms with E-state index in [-0.39, 0.29) is 5.54 Å². The van der Waals surface area contributed by atoms with Crippen LogP contribution < -0.4 is 5.32 Å². The van der Waals surface area contributed by atoms with Crippen molar-refractivity contribution in [3.63, 3.8) is 0 Å². The van der Waals surface area contributed by atoms with Gasteiger partial charge in [0.25, 0.3) is 0 Å². The fourth-order valence-electron chi connectivity index (χ4n) is 2.71. The zero-order chi connectivity index (χ0) is 15.5. The van der Waals surface area contributed by atoms with Crippen molar-refractivity contribution in [3.05, 3.63) is 23.2 Å². The van der Waals surface area contributed by atoms with E-state index in [4.69, 9.17) is 9.15 Å². The first-order valence-corrected chi connectivity index (χ1v) is 7.96. The van der Waals surface area contributed by atoms with Gasteiger partial charge in [-0.05, 0) is 52.2 Å². The Hall–Kier alpha value is -0.840. The van der Waals surface area contributed by atoms with Crippen molar-refractivity contribution in [3.8, 4) is 0 Å². The molecule has 0 aliphatic carbocycles. The lowest BCUT2D eigenvalue weighted by molar-refractivity contribution is 0.0369. The maximum atomic E-state index is 6.03. The van der Waals surface area contributed by atoms with E-state index in [1.165, 1.54) is 5.56 Å². The van der Waals surface area contributed by atoms with Crippen molar-refractivity contribution >= 4 is 0 Å². The fourth-order valence-corrected chi connectivity index (χ4v) is 2.71. The summed E-state index contributed by atoms with van der Waals surface area (Å²) in [6.45, 7) is 12.5. The third-order valence-corrected chi connectivity index (χ3v) is 4.10. The van der Waals surface area contributed by atoms with Crippen LogP contribution >= 0.6 is 0 Å². The minimum Gasteiger partial charge on any atom is -0.463 e. The number of nitrogens with one attached hydrogen (secondary N) is 1. The average Bonchev–Trinajstić information content (AvgIpc) is 2.77. The van der Waals surface area contributed by atoms with Gasteiger partial charge >= 0.3 is 0 Å². The van der Waals surface area contributed by atoms with Crippen molar-refractivity contribution < 1.29 is 9.15 Å². The highest BCUT2D eigenvalue weighted by atomic mass is 16.5. The minimum atomic E-state index is 0.113. The van der Waals surface area contributed by atoms with Crippen molar-refractivity contribution in [1.29, 1.82) is 0 Å². The SMILES string of the molecule is COC1CCN(Cc2cc(C)c(CNC(C)(C)C)o2)CC1. The highest BCUT2D eigenvalue weighted by Crippen LogP contribution is 2.20. The van der Waals surface area contributed by atoms with Crippen LogP contribution in [0.5, 0.6) is 0 Å². The number of furan rings is 1. The Bertz CT molecular complexity index is 440. The number of nitrogens with zero attached hydrogens (tertiary/aromatic N) is 1. The summed E-state index contributed by atoms with van der Waals surface area (Å²) in [6.07, 6.45) is 2.68. The predicted octanol–water partition coefficient (Wildman–Crippen LogP) is 3.09. The predicted molar refractivity (Wildman–Crippen MR) is 85.3 cm³/mol. The third kappa shape index (κ3) is 5.13. The first-order chi connectivity index (χ1) is 9.87. The second-order valence-corrected chi connectivity index (χ2v) is 7.13. The van der Waals surface area contributed by atoms with E-state index in [9.17, 15) is 0 Å². The largest absolute Gasteiger partial charge is 0.463 e. The first-order valence-electron chi connectivity index (χ1n) is 7.96. The molecular weight excluding hydrogens is 264 g/mol. The molecule has 0 spiro atoms. The molecule has 1 saturated heterocycles. The Morgan fingerprint density at radius 3 is 2.57 bits per heavy atom. The molecule has 0 atom stereocenters. The van der Waals surface area contributed by atoms with E-state index in [1.54, 1.807) is 0 Å². The molecule has 0 amide bonds. The molecule has 0 aromatic carbocycles. The molecule has 1 aliphatic heterocycles. The Morgan fingerprint density at radius 2 is 2.00 bits per heavy atom. The highest BCUT2D eigenvalue weighted by molar-refractivity contribution is 5.20. The second-order valence-electron chi connectivity index (χ2n) is 7.13. The molecule has 0 radical (unpaired) electrons. The quantitative estimate of drug-likeness (QED) is 0.905. The lowest BCUT2D eigenvalue weighted by Gasteiger charge is -2.30. The standard InChI is InChI=1S/C17H30N2O2/c1-13-10-15(21-16(13)11-18-17(2,3)4)12-19-8-6-14(20-5)7-9-19/h10,14,18H,6-9,11-12H2,1-5H3. The Balaban J connectivity index is 1.87. The third-order valence-electron chi connectivity index (χ3n) is 4.10. The molecule has 1 aliphatic rings. The minimum absolute atomic E-state index is 0.113. The topological polar surface area (TPSA) is 37.6 Å². The van der Waals surface area contributed by atoms with Crippen LogP contribution in [0.15, 0.2) is 10.5 Å². The van der Waals surface area contributed by atoms with Gasteiger partial charge in [0.1, 0.15) is 11.5 Å². The van der Waals surface area contributed by atoms with Gasteiger partial charge in [0.15, 0.2) is 0 Å². The number of aryl methyl sites for hydroxylation is 1. The molecule has 21 heavy (non-hydrogen) atoms. The number of likely N-dealkylation sites (tertiary alicyclic amines) is 1. The maximum absolute atomic E-state index is 6.03. The van der Waals surface area contributed by atoms with Crippen LogP contribution in [-0.2, 0) is 17.8 Å². The van der Waals surface area contributed by atoms with Gasteiger partial charge in [0.05, 0.1) is 19.2 Å². The lowest BCUT2D eigenvalue weighted by Crippen LogP contribution is -2.36. The number of hydrogen-bond donors (Lipinski definition) is 1. The van der Waals surface area contributed by atoms with Crippen LogP contribution in [0.25, 0.3) is 0 Å². The summed E-state index contributed by atoms with van der Waals surface area (Å²) in [4.78, 5) is 2.45. The smallest absolute Gasteiger partial charge is 0.120 e. The van der Waals surface area contributed by atoms with Crippen LogP contribution in [0.2, 0.25) is 0 Å². The summed E-state index contributed by atoms with van der Waals surface area (Å²) in [5.74, 6) is 2.14. The van der Waals surface area contributed by atoms with Crippen LogP contribution in [0.4, 0.5) is 0 Å². The second kappa shape index (κ2) is 6.95. The Labute approximate surface area is 128 Å². The number of rotatable bonds is 5. The van der Waals surface area contributed by atoms with Gasteiger partial charge in [-0.3, -0.25) is 4.90 Å². The summed E-state index contributed by atoms with van der Waals surface area (Å²) in [6, 6.07) is 2.18. The van der Waals surface area contributed by atoms with E-state index in [2.05, 4.69) is 44.0 Å². The Morgan fingerprint density at radius 1 is 1.33 bits per heavy atom. The molecule has 1 N–H and O–H groups in total. The molecule has 4 heteroatoms. The molecule has 0 bridgehead atoms. The molecule has 120 valence electrons. The molecular formula is C17H30N2O2. The maximum Gasteiger partial charge on any atom is 0.120 e. The molecule has 2 rings (SSSR count). The lowest BCUT2D eigenvalue weighted by atomic mass is 10.1. The molecule has 4 nitrogen and oxygen atoms in total. The van der Waals surface area contributed by atoms with Gasteiger partial charge in [-0.1, -0.05) is 0 Å². The zero-order valence-electron chi connectivity index (χ0n) is 14.2. The van der Waals surface area contributed by atoms with Crippen molar-refractivity contribution in [2.45, 2.75) is 65.3 Å². The van der Waals surface area contributed by atoms with Crippen LogP contribution in [-0.4, -0.2) is 36.7 Å². The summed E-state index contributed by atoms with van der Waals surface area (Å²) in [5, 5.41) is 3.49. The van der Waals surface area contributed by atoms with E-state index in [0.717, 1.165) is 50.5 Å². The number of methoxy groups -OCH3 is 1. The average molecular weight is 294 g/mol. The van der Waals surface area contributed by atoms with Crippen LogP contribution in [0.3, 0.4) is 0 Å². The van der Waals surface area contributed by atoms with Gasteiger partial charge in [0.2, 0.25) is 0 Å². The first kappa shape index (κ1) is 16.5. The van der Waals surface area contributed by atoms with Gasteiger partial charge < -0.3 is 14.5 Å². The van der Waals surface area contributed by atoms with E-state index in [1.807, 2.05) is 7.11 Å². The van der Waals surface area contributed by atoms with Gasteiger partial charge in [-0.25, -0.2) is 0 Å². The number of piperidine rings is 1. The van der Waals surface area contributed by atoms with E-state index < -0.39 is 0 Å². The molecule has 1 fully saturated rings. The molecule has 1 aromatic rings. The monoisotopic (exact) mass is 294 g/mol. The highest BCUT2D eigenvalue weighted by Gasteiger charge is 2.20. The van der Waals surface area contributed by atoms with Gasteiger partial charge in [-0.2, -0.15) is 0 Å². The summed E-state index contributed by atoms with van der Waals surface area (Å²) < 4.78 is 11.4. The molecule has 1 aromatic heterocycles. The zero-order valence-corrected chi connectivity index (χ0v) is 14.2. The fraction of sp³-hybridized carbons (Fsp3) is 0.765. The van der Waals surface area contributed by atoms with Gasteiger partial charge in [-0.15, -0.1) is 0 Å². The number of ether oxygens (including phenoxy) is 1. The van der Waals surface area contributed by atoms with Crippen molar-refractivity contribution in [1.82, 2.24) is 10.2 Å². The molecule has 0 saturated carbocycles. The van der Waals surface area contributed by atoms with Crippen molar-refractivity contribution in [2.24, 2.45) is 0 Å². The van der Waals surface area contributed by atoms with Crippen LogP contribution in [0.1, 0.15) is 50.7 Å². The van der Waals surface area contributed by atoms with E-state index >= 15 is 0 Å². The van der Waals surface area contributed by atoms with E-state index in [0.29, 0.717) is 6.10 Å². The normalized spacial score (nSPS) is 18.3. The Kier molecular flexibility index (Phi) is 5.47. The van der Waals surface area contributed by atoms with Crippen LogP contribution in [0, 0.1) is 6.92 Å². The molecule has 2 heterocycles. The molecule has 0 unspecified atom stereocenters.